The molecule has 4 rings (SSSR count). The summed E-state index contributed by atoms with van der Waals surface area (Å²) in [6.45, 7) is -1.29. The zero-order valence-corrected chi connectivity index (χ0v) is 34.6. The molecule has 0 aromatic heterocycles. The molecule has 61 heavy (non-hydrogen) atoms. The second-order valence-corrected chi connectivity index (χ2v) is 19.0. The standard InChI is InChI=1S/C28H26N6O21S6/c35-26-23(32-29-16-1-6-19(7-2-16)58(40,41)13-11-50-57-55-53-39)27(36)25(34-31-21-15-18(56-54-52-38)5-10-22(21)60(44,45)46)28(37)24(26)33-30-17-3-8-20(9-4-17)59(42,43)14-12-51-61(47,48)49/h1-10,15,29-30,36,38-39H,11-14H2,(H,44,45,46)(H,47,48,49). The molecule has 0 aliphatic heterocycles. The van der Waals surface area contributed by atoms with Crippen molar-refractivity contribution in [2.75, 3.05) is 35.6 Å². The van der Waals surface area contributed by atoms with Crippen molar-refractivity contribution < 1.29 is 85.5 Å². The molecule has 0 fully saturated rings. The summed E-state index contributed by atoms with van der Waals surface area (Å²) in [4.78, 5) is 25.8. The topological polar surface area (TPSA) is 401 Å². The summed E-state index contributed by atoms with van der Waals surface area (Å²) < 4.78 is 131. The number of phenols is 1. The summed E-state index contributed by atoms with van der Waals surface area (Å²) in [6, 6.07) is 11.8. The lowest BCUT2D eigenvalue weighted by molar-refractivity contribution is -0.434. The number of benzene rings is 4. The maximum atomic E-state index is 13.6. The number of anilines is 2. The van der Waals surface area contributed by atoms with Gasteiger partial charge in [-0.15, -0.1) is 18.9 Å². The summed E-state index contributed by atoms with van der Waals surface area (Å²) in [7, 11) is -18.0. The van der Waals surface area contributed by atoms with Crippen molar-refractivity contribution in [1.82, 2.24) is 0 Å². The Kier molecular flexibility index (Phi) is 17.1. The average Bonchev–Trinajstić information content (AvgIpc) is 3.19. The second kappa shape index (κ2) is 21.3. The van der Waals surface area contributed by atoms with Crippen LogP contribution in [0.5, 0.6) is 5.75 Å². The highest BCUT2D eigenvalue weighted by atomic mass is 32.3. The van der Waals surface area contributed by atoms with Crippen LogP contribution in [0.4, 0.5) is 22.7 Å². The van der Waals surface area contributed by atoms with Gasteiger partial charge in [0.1, 0.15) is 10.6 Å². The van der Waals surface area contributed by atoms with Crippen LogP contribution >= 0.6 is 24.4 Å². The molecule has 27 nitrogen and oxygen atoms in total. The first-order chi connectivity index (χ1) is 28.7. The van der Waals surface area contributed by atoms with Gasteiger partial charge in [-0.2, -0.15) is 27.0 Å². The van der Waals surface area contributed by atoms with Gasteiger partial charge in [0, 0.05) is 4.90 Å². The fourth-order valence-electron chi connectivity index (χ4n) is 4.37. The van der Waals surface area contributed by atoms with E-state index in [-0.39, 0.29) is 45.0 Å². The molecule has 4 aromatic rings. The molecule has 4 aromatic carbocycles. The highest BCUT2D eigenvalue weighted by molar-refractivity contribution is 7.94. The number of hydrogen-bond acceptors (Lipinski definition) is 27. The van der Waals surface area contributed by atoms with Crippen LogP contribution in [0.3, 0.4) is 0 Å². The third-order valence-electron chi connectivity index (χ3n) is 7.08. The normalized spacial score (nSPS) is 13.2. The Bertz CT molecular complexity index is 2930. The number of sulfone groups is 2. The fraction of sp³-hybridized carbons (Fsp3) is 0.143. The minimum absolute atomic E-state index is 0.00388. The molecular weight excluding hydrogens is 949 g/mol. The van der Waals surface area contributed by atoms with E-state index in [1.165, 1.54) is 12.1 Å². The van der Waals surface area contributed by atoms with E-state index in [1.807, 2.05) is 0 Å². The van der Waals surface area contributed by atoms with Crippen LogP contribution in [0.25, 0.3) is 0 Å². The van der Waals surface area contributed by atoms with Crippen LogP contribution in [0.15, 0.2) is 116 Å². The van der Waals surface area contributed by atoms with Crippen LogP contribution in [0.2, 0.25) is 0 Å². The number of hydrogen-bond donors (Lipinski definition) is 7. The second-order valence-electron chi connectivity index (χ2n) is 11.0. The minimum atomic E-state index is -5.01. The molecule has 0 radical (unpaired) electrons. The number of aromatic hydroxyl groups is 1. The van der Waals surface area contributed by atoms with Crippen LogP contribution in [-0.4, -0.2) is 83.1 Å². The molecule has 0 atom stereocenters. The molecule has 0 spiro atoms. The molecule has 0 amide bonds. The minimum Gasteiger partial charge on any atom is -0.504 e. The van der Waals surface area contributed by atoms with E-state index in [4.69, 9.17) is 19.3 Å². The van der Waals surface area contributed by atoms with Crippen molar-refractivity contribution in [3.05, 3.63) is 97.9 Å². The van der Waals surface area contributed by atoms with Gasteiger partial charge in [0.15, 0.2) is 54.1 Å². The van der Waals surface area contributed by atoms with E-state index in [0.29, 0.717) is 12.0 Å². The molecule has 0 saturated heterocycles. The van der Waals surface area contributed by atoms with E-state index in [9.17, 15) is 52.9 Å². The first-order valence-corrected chi connectivity index (χ1v) is 23.1. The van der Waals surface area contributed by atoms with Gasteiger partial charge in [0.05, 0.1) is 57.9 Å². The zero-order valence-electron chi connectivity index (χ0n) is 29.7. The maximum Gasteiger partial charge on any atom is 0.397 e. The number of nitrogens with zero attached hydrogens (tertiary/aromatic N) is 4. The predicted molar refractivity (Wildman–Crippen MR) is 205 cm³/mol. The van der Waals surface area contributed by atoms with Gasteiger partial charge in [0.2, 0.25) is 10.9 Å². The molecule has 0 aliphatic rings. The van der Waals surface area contributed by atoms with Crippen molar-refractivity contribution in [3.63, 3.8) is 0 Å². The Hall–Kier alpha value is -4.82. The van der Waals surface area contributed by atoms with Gasteiger partial charge in [-0.3, -0.25) is 33.7 Å². The van der Waals surface area contributed by atoms with Crippen LogP contribution in [0.1, 0.15) is 0 Å². The quantitative estimate of drug-likeness (QED) is 0.0146. The van der Waals surface area contributed by atoms with E-state index in [1.54, 1.807) is 0 Å². The number of rotatable bonds is 22. The highest BCUT2D eigenvalue weighted by Crippen LogP contribution is 2.32. The van der Waals surface area contributed by atoms with E-state index < -0.39 is 102 Å². The predicted octanol–water partition coefficient (Wildman–Crippen LogP) is 1.30. The Morgan fingerprint density at radius 3 is 1.72 bits per heavy atom. The Morgan fingerprint density at radius 1 is 0.656 bits per heavy atom. The summed E-state index contributed by atoms with van der Waals surface area (Å²) in [5.41, 5.74) is 0.165. The molecule has 0 saturated carbocycles. The summed E-state index contributed by atoms with van der Waals surface area (Å²) in [6.07, 6.45) is 0. The Labute approximate surface area is 350 Å². The van der Waals surface area contributed by atoms with E-state index in [0.717, 1.165) is 54.6 Å². The molecule has 0 bridgehead atoms. The van der Waals surface area contributed by atoms with Gasteiger partial charge in [-0.1, -0.05) is 10.1 Å². The van der Waals surface area contributed by atoms with Gasteiger partial charge in [-0.25, -0.2) is 31.5 Å². The first kappa shape index (κ1) is 48.8. The maximum absolute atomic E-state index is 13.6. The molecule has 0 unspecified atom stereocenters. The molecule has 330 valence electrons. The van der Waals surface area contributed by atoms with Crippen molar-refractivity contribution in [1.29, 1.82) is 0 Å². The largest absolute Gasteiger partial charge is 0.504 e. The van der Waals surface area contributed by atoms with E-state index in [2.05, 4.69) is 54.2 Å². The van der Waals surface area contributed by atoms with Gasteiger partial charge in [-0.05, 0) is 66.7 Å². The number of azo groups is 1. The summed E-state index contributed by atoms with van der Waals surface area (Å²) in [5.74, 6) is -2.62. The smallest absolute Gasteiger partial charge is 0.397 e. The van der Waals surface area contributed by atoms with Crippen molar-refractivity contribution in [3.8, 4) is 5.75 Å². The molecule has 33 heteroatoms. The lowest BCUT2D eigenvalue weighted by Crippen LogP contribution is -2.48. The third-order valence-corrected chi connectivity index (χ3v) is 12.8. The number of phenolic OH excluding ortho intramolecular Hbond substituents is 1. The van der Waals surface area contributed by atoms with Gasteiger partial charge in [0.25, 0.3) is 10.1 Å². The molecule has 0 heterocycles. The Balaban J connectivity index is 1.77. The van der Waals surface area contributed by atoms with Crippen molar-refractivity contribution in [2.24, 2.45) is 20.4 Å². The van der Waals surface area contributed by atoms with Crippen LogP contribution in [-0.2, 0) is 67.3 Å². The average molecular weight is 975 g/mol. The van der Waals surface area contributed by atoms with Crippen molar-refractivity contribution >= 4 is 87.3 Å². The molecule has 0 aliphatic carbocycles. The van der Waals surface area contributed by atoms with Crippen LogP contribution in [0, 0.1) is 0 Å². The molecular formula is C28H26N6O21S6. The Morgan fingerprint density at radius 2 is 1.20 bits per heavy atom. The van der Waals surface area contributed by atoms with Crippen LogP contribution < -0.4 is 32.4 Å². The highest BCUT2D eigenvalue weighted by Gasteiger charge is 2.21. The van der Waals surface area contributed by atoms with Gasteiger partial charge >= 0.3 is 10.4 Å². The SMILES string of the molecule is O=c1c(N=Nc2cc(SOOO)ccc2S(=O)(=O)O)c(O)c(=NNc2ccc(S(=O)(=O)CCOSOOO)cc2)c(=O)c1=NNc1ccc(S(=O)(=O)CCOS(=O)(=O)O)cc1. The summed E-state index contributed by atoms with van der Waals surface area (Å²) >= 11 is 0.507. The lowest BCUT2D eigenvalue weighted by atomic mass is 10.2. The monoisotopic (exact) mass is 974 g/mol. The van der Waals surface area contributed by atoms with Crippen molar-refractivity contribution in [2.45, 2.75) is 19.6 Å². The van der Waals surface area contributed by atoms with Gasteiger partial charge < -0.3 is 5.11 Å². The third kappa shape index (κ3) is 14.1. The number of nitrogens with one attached hydrogen (secondary N) is 2. The zero-order chi connectivity index (χ0) is 45.0. The molecule has 7 N–H and O–H groups in total. The summed E-state index contributed by atoms with van der Waals surface area (Å²) in [5, 5.41) is 47.3. The first-order valence-electron chi connectivity index (χ1n) is 15.6. The van der Waals surface area contributed by atoms with E-state index >= 15 is 0 Å². The fourth-order valence-corrected chi connectivity index (χ4v) is 8.26. The lowest BCUT2D eigenvalue weighted by Gasteiger charge is -2.06.